The highest BCUT2D eigenvalue weighted by molar-refractivity contribution is 5.40. The first kappa shape index (κ1) is 5.47. The van der Waals surface area contributed by atoms with Crippen LogP contribution in [-0.4, -0.2) is 18.5 Å². The first-order chi connectivity index (χ1) is 3.69. The molecule has 1 aliphatic rings. The van der Waals surface area contributed by atoms with Gasteiger partial charge in [0.1, 0.15) is 0 Å². The van der Waals surface area contributed by atoms with Crippen molar-refractivity contribution in [2.75, 3.05) is 0 Å². The molecule has 1 fully saturated rings. The summed E-state index contributed by atoms with van der Waals surface area (Å²) in [5, 5.41) is 0. The molecule has 0 aromatic heterocycles. The Kier molecular flexibility index (Phi) is 0.957. The average molecular weight is 121 g/mol. The minimum Gasteiger partial charge on any atom is -0.417 e. The van der Waals surface area contributed by atoms with Crippen LogP contribution in [0.2, 0.25) is 0 Å². The molecule has 0 spiro atoms. The van der Waals surface area contributed by atoms with E-state index in [2.05, 4.69) is 4.74 Å². The largest absolute Gasteiger partial charge is 0.420 e. The predicted octanol–water partition coefficient (Wildman–Crippen LogP) is 0.478. The van der Waals surface area contributed by atoms with E-state index in [0.717, 1.165) is 6.47 Å². The Morgan fingerprint density at radius 3 is 2.50 bits per heavy atom. The average Bonchev–Trinajstić information content (AvgIpc) is 2.16. The number of alkyl halides is 2. The lowest BCUT2D eigenvalue weighted by Gasteiger charge is -1.96. The molecule has 2 nitrogen and oxygen atoms in total. The van der Waals surface area contributed by atoms with Gasteiger partial charge in [-0.25, -0.2) is 9.18 Å². The third kappa shape index (κ3) is 0.657. The van der Waals surface area contributed by atoms with Gasteiger partial charge in [0, 0.05) is 0 Å². The van der Waals surface area contributed by atoms with Gasteiger partial charge in [0.2, 0.25) is 0 Å². The van der Waals surface area contributed by atoms with Gasteiger partial charge in [-0.05, 0) is 0 Å². The fourth-order valence-corrected chi connectivity index (χ4v) is 0.360. The van der Waals surface area contributed by atoms with Crippen LogP contribution in [0.1, 0.15) is 6.42 Å². The van der Waals surface area contributed by atoms with Crippen LogP contribution in [-0.2, 0) is 9.53 Å². The Morgan fingerprint density at radius 2 is 2.38 bits per heavy atom. The van der Waals surface area contributed by atoms with Crippen LogP contribution in [0.25, 0.3) is 0 Å². The maximum atomic E-state index is 12.0. The number of carbonyl (C=O) groups excluding carboxylic acids is 1. The third-order valence-electron chi connectivity index (χ3n) is 0.977. The summed E-state index contributed by atoms with van der Waals surface area (Å²) in [6.45, 7) is 0.836. The summed E-state index contributed by atoms with van der Waals surface area (Å²) < 4.78 is 27.3. The van der Waals surface area contributed by atoms with Gasteiger partial charge in [0.25, 0.3) is 5.85 Å². The van der Waals surface area contributed by atoms with E-state index in [1.807, 2.05) is 0 Å². The Morgan fingerprint density at radius 1 is 1.88 bits per heavy atom. The Bertz CT molecular complexity index is 117. The van der Waals surface area contributed by atoms with E-state index in [1.165, 1.54) is 0 Å². The molecule has 0 amide bonds. The van der Waals surface area contributed by atoms with E-state index < -0.39 is 12.0 Å². The fraction of sp³-hybridized carbons (Fsp3) is 0.750. The van der Waals surface area contributed by atoms with E-state index in [1.54, 1.807) is 0 Å². The molecule has 0 N–H and O–H groups in total. The third-order valence-corrected chi connectivity index (χ3v) is 0.977. The number of hydrogen-bond acceptors (Lipinski definition) is 2. The molecular weight excluding hydrogens is 118 g/mol. The van der Waals surface area contributed by atoms with Crippen LogP contribution in [0.5, 0.6) is 0 Å². The van der Waals surface area contributed by atoms with Gasteiger partial charge in [-0.2, -0.15) is 4.39 Å². The van der Waals surface area contributed by atoms with Crippen molar-refractivity contribution in [3.05, 3.63) is 0 Å². The first-order valence-electron chi connectivity index (χ1n) is 2.07. The fourth-order valence-electron chi connectivity index (χ4n) is 0.360. The molecule has 1 aliphatic carbocycles. The molecule has 2 unspecified atom stereocenters. The second-order valence-corrected chi connectivity index (χ2v) is 1.64. The minimum absolute atomic E-state index is 0.345. The summed E-state index contributed by atoms with van der Waals surface area (Å²) in [5.41, 5.74) is 0. The molecule has 0 aromatic carbocycles. The van der Waals surface area contributed by atoms with E-state index in [9.17, 15) is 13.6 Å². The zero-order valence-corrected chi connectivity index (χ0v) is 3.86. The molecule has 0 heterocycles. The normalized spacial score (nSPS) is 43.5. The summed E-state index contributed by atoms with van der Waals surface area (Å²) in [7, 11) is 0. The van der Waals surface area contributed by atoms with Crippen molar-refractivity contribution in [1.29, 1.82) is 0 Å². The summed E-state index contributed by atoms with van der Waals surface area (Å²) in [6.07, 6.45) is -1.98. The predicted molar refractivity (Wildman–Crippen MR) is 20.1 cm³/mol. The Hall–Kier alpha value is -0.670. The highest BCUT2D eigenvalue weighted by Crippen LogP contribution is 2.43. The van der Waals surface area contributed by atoms with Crippen molar-refractivity contribution < 1.29 is 18.3 Å². The van der Waals surface area contributed by atoms with Crippen LogP contribution in [0.3, 0.4) is 0 Å². The van der Waals surface area contributed by atoms with Gasteiger partial charge >= 0.3 is 6.47 Å². The topological polar surface area (TPSA) is 26.3 Å². The maximum Gasteiger partial charge on any atom is 0.420 e. The highest BCUT2D eigenvalue weighted by atomic mass is 19.2. The lowest BCUT2D eigenvalue weighted by atomic mass is 10.7. The van der Waals surface area contributed by atoms with Crippen molar-refractivity contribution in [1.82, 2.24) is 0 Å². The molecule has 45 valence electrons. The van der Waals surface area contributed by atoms with Crippen molar-refractivity contribution >= 4 is 6.47 Å². The standard InChI is InChI=1S/C4H3F2O2/c5-3-1-4(3,6)8-2-7/h3H,1H2. The number of halogens is 2. The van der Waals surface area contributed by atoms with Gasteiger partial charge in [0.05, 0.1) is 6.42 Å². The Labute approximate surface area is 44.4 Å². The molecule has 4 heteroatoms. The molecule has 2 atom stereocenters. The van der Waals surface area contributed by atoms with Gasteiger partial charge in [0.15, 0.2) is 6.17 Å². The highest BCUT2D eigenvalue weighted by Gasteiger charge is 2.60. The SMILES string of the molecule is O=[C]OC1(F)CC1F. The molecule has 0 saturated heterocycles. The monoisotopic (exact) mass is 121 g/mol. The molecule has 1 saturated carbocycles. The summed E-state index contributed by atoms with van der Waals surface area (Å²) in [4.78, 5) is 9.25. The summed E-state index contributed by atoms with van der Waals surface area (Å²) in [6, 6.07) is 0. The summed E-state index contributed by atoms with van der Waals surface area (Å²) >= 11 is 0. The Balaban J connectivity index is 2.35. The molecule has 1 radical (unpaired) electrons. The molecule has 8 heavy (non-hydrogen) atoms. The number of hydrogen-bond donors (Lipinski definition) is 0. The van der Waals surface area contributed by atoms with E-state index in [0.29, 0.717) is 0 Å². The van der Waals surface area contributed by atoms with Crippen molar-refractivity contribution in [3.8, 4) is 0 Å². The maximum absolute atomic E-state index is 12.0. The van der Waals surface area contributed by atoms with Gasteiger partial charge in [-0.15, -0.1) is 0 Å². The molecule has 1 rings (SSSR count). The zero-order valence-electron chi connectivity index (χ0n) is 3.86. The second-order valence-electron chi connectivity index (χ2n) is 1.64. The smallest absolute Gasteiger partial charge is 0.417 e. The lowest BCUT2D eigenvalue weighted by molar-refractivity contribution is 0.00172. The van der Waals surface area contributed by atoms with Gasteiger partial charge in [-0.1, -0.05) is 0 Å². The molecular formula is C4H3F2O2. The van der Waals surface area contributed by atoms with Crippen LogP contribution in [0.15, 0.2) is 0 Å². The van der Waals surface area contributed by atoms with E-state index >= 15 is 0 Å². The number of rotatable bonds is 2. The molecule has 0 aromatic rings. The van der Waals surface area contributed by atoms with Crippen molar-refractivity contribution in [3.63, 3.8) is 0 Å². The zero-order chi connectivity index (χ0) is 6.20. The van der Waals surface area contributed by atoms with E-state index in [4.69, 9.17) is 0 Å². The second kappa shape index (κ2) is 1.40. The lowest BCUT2D eigenvalue weighted by Crippen LogP contribution is -2.08. The number of ether oxygens (including phenoxy) is 1. The molecule has 0 bridgehead atoms. The van der Waals surface area contributed by atoms with Gasteiger partial charge in [-0.3, -0.25) is 0 Å². The van der Waals surface area contributed by atoms with Crippen LogP contribution < -0.4 is 0 Å². The quantitative estimate of drug-likeness (QED) is 0.531. The van der Waals surface area contributed by atoms with Gasteiger partial charge < -0.3 is 4.74 Å². The first-order valence-corrected chi connectivity index (χ1v) is 2.07. The van der Waals surface area contributed by atoms with Crippen LogP contribution >= 0.6 is 0 Å². The summed E-state index contributed by atoms with van der Waals surface area (Å²) in [5.74, 6) is -2.33. The molecule has 0 aliphatic heterocycles. The van der Waals surface area contributed by atoms with Crippen LogP contribution in [0.4, 0.5) is 8.78 Å². The van der Waals surface area contributed by atoms with Crippen LogP contribution in [0, 0.1) is 0 Å². The van der Waals surface area contributed by atoms with Crippen molar-refractivity contribution in [2.24, 2.45) is 0 Å². The minimum atomic E-state index is -2.33. The van der Waals surface area contributed by atoms with Crippen molar-refractivity contribution in [2.45, 2.75) is 18.4 Å². The van der Waals surface area contributed by atoms with E-state index in [-0.39, 0.29) is 6.42 Å².